The molecule has 8 atom stereocenters. The van der Waals surface area contributed by atoms with Crippen LogP contribution in [0.3, 0.4) is 0 Å². The van der Waals surface area contributed by atoms with Crippen molar-refractivity contribution in [3.63, 3.8) is 0 Å². The van der Waals surface area contributed by atoms with Gasteiger partial charge in [0.1, 0.15) is 0 Å². The Hall–Kier alpha value is -0.840. The fraction of sp³-hybridized carbons (Fsp3) is 0.862. The molecule has 0 unspecified atom stereocenters. The normalized spacial score (nSPS) is 47.8. The van der Waals surface area contributed by atoms with Crippen molar-refractivity contribution < 1.29 is 14.3 Å². The van der Waals surface area contributed by atoms with E-state index in [1.54, 1.807) is 6.26 Å². The lowest BCUT2D eigenvalue weighted by Crippen LogP contribution is -2.62. The van der Waals surface area contributed by atoms with E-state index in [1.807, 2.05) is 6.26 Å². The average molecular weight is 456 g/mol. The van der Waals surface area contributed by atoms with Crippen LogP contribution in [-0.4, -0.2) is 48.0 Å². The lowest BCUT2D eigenvalue weighted by atomic mass is 9.43. The van der Waals surface area contributed by atoms with Gasteiger partial charge >= 0.3 is 0 Å². The predicted octanol–water partition coefficient (Wildman–Crippen LogP) is 6.00. The zero-order valence-electron chi connectivity index (χ0n) is 20.9. The summed E-state index contributed by atoms with van der Waals surface area (Å²) in [6.45, 7) is 9.54. The summed E-state index contributed by atoms with van der Waals surface area (Å²) in [5.41, 5.74) is 1.15. The van der Waals surface area contributed by atoms with E-state index in [1.165, 1.54) is 70.0 Å². The molecule has 4 heteroatoms. The second kappa shape index (κ2) is 8.38. The molecule has 4 aliphatic carbocycles. The minimum absolute atomic E-state index is 0.0167. The predicted molar refractivity (Wildman–Crippen MR) is 130 cm³/mol. The SMILES string of the molecule is C[C@]12CC[C@H](OCCN3CCCC3)C[C@H]1CC[C@@H]1[C@@H]2CC[C@]2(C)[C@@H](c3ccoc3)CC[C@]12O. The highest BCUT2D eigenvalue weighted by Gasteiger charge is 2.67. The third kappa shape index (κ3) is 3.49. The lowest BCUT2D eigenvalue weighted by molar-refractivity contribution is -0.207. The maximum Gasteiger partial charge on any atom is 0.0937 e. The average Bonchev–Trinajstić information content (AvgIpc) is 3.55. The van der Waals surface area contributed by atoms with Crippen LogP contribution in [-0.2, 0) is 4.74 Å². The first-order valence-corrected chi connectivity index (χ1v) is 14.0. The molecule has 184 valence electrons. The molecule has 0 aromatic carbocycles. The summed E-state index contributed by atoms with van der Waals surface area (Å²) in [6, 6.07) is 2.14. The summed E-state index contributed by atoms with van der Waals surface area (Å²) in [4.78, 5) is 2.57. The molecule has 5 fully saturated rings. The van der Waals surface area contributed by atoms with Crippen molar-refractivity contribution in [1.29, 1.82) is 0 Å². The maximum atomic E-state index is 12.4. The van der Waals surface area contributed by atoms with Gasteiger partial charge in [0.05, 0.1) is 30.8 Å². The molecule has 4 saturated carbocycles. The van der Waals surface area contributed by atoms with Crippen LogP contribution in [0.2, 0.25) is 0 Å². The van der Waals surface area contributed by atoms with Crippen molar-refractivity contribution in [1.82, 2.24) is 4.90 Å². The number of aliphatic hydroxyl groups is 1. The van der Waals surface area contributed by atoms with Crippen LogP contribution in [0, 0.1) is 28.6 Å². The number of hydrogen-bond donors (Lipinski definition) is 1. The Balaban J connectivity index is 1.14. The van der Waals surface area contributed by atoms with E-state index in [2.05, 4.69) is 24.8 Å². The topological polar surface area (TPSA) is 45.8 Å². The first-order chi connectivity index (χ1) is 15.9. The van der Waals surface area contributed by atoms with Crippen molar-refractivity contribution in [2.75, 3.05) is 26.2 Å². The van der Waals surface area contributed by atoms with Gasteiger partial charge in [-0.2, -0.15) is 0 Å². The zero-order valence-corrected chi connectivity index (χ0v) is 20.9. The van der Waals surface area contributed by atoms with Crippen LogP contribution >= 0.6 is 0 Å². The Morgan fingerprint density at radius 2 is 1.88 bits per heavy atom. The number of rotatable bonds is 5. The van der Waals surface area contributed by atoms with Crippen molar-refractivity contribution in [3.8, 4) is 0 Å². The maximum absolute atomic E-state index is 12.4. The molecule has 6 rings (SSSR count). The van der Waals surface area contributed by atoms with Gasteiger partial charge in [0, 0.05) is 12.0 Å². The summed E-state index contributed by atoms with van der Waals surface area (Å²) in [5, 5.41) is 12.4. The smallest absolute Gasteiger partial charge is 0.0937 e. The van der Waals surface area contributed by atoms with Crippen LogP contribution in [0.15, 0.2) is 23.0 Å². The molecule has 1 aliphatic heterocycles. The molecule has 33 heavy (non-hydrogen) atoms. The first-order valence-electron chi connectivity index (χ1n) is 14.0. The van der Waals surface area contributed by atoms with Gasteiger partial charge in [0.25, 0.3) is 0 Å². The monoisotopic (exact) mass is 455 g/mol. The highest BCUT2D eigenvalue weighted by Crippen LogP contribution is 2.70. The molecule has 4 nitrogen and oxygen atoms in total. The number of hydrogen-bond acceptors (Lipinski definition) is 4. The second-order valence-corrected chi connectivity index (χ2v) is 12.8. The van der Waals surface area contributed by atoms with Crippen molar-refractivity contribution in [3.05, 3.63) is 24.2 Å². The van der Waals surface area contributed by atoms with Crippen LogP contribution in [0.25, 0.3) is 0 Å². The molecular weight excluding hydrogens is 410 g/mol. The fourth-order valence-corrected chi connectivity index (χ4v) is 9.70. The van der Waals surface area contributed by atoms with E-state index in [4.69, 9.17) is 9.15 Å². The molecule has 0 radical (unpaired) electrons. The summed E-state index contributed by atoms with van der Waals surface area (Å²) in [5.74, 6) is 2.33. The van der Waals surface area contributed by atoms with Gasteiger partial charge in [-0.1, -0.05) is 13.8 Å². The van der Waals surface area contributed by atoms with E-state index in [0.717, 1.165) is 38.3 Å². The third-order valence-electron chi connectivity index (χ3n) is 11.7. The van der Waals surface area contributed by atoms with Gasteiger partial charge < -0.3 is 19.2 Å². The number of furan rings is 1. The highest BCUT2D eigenvalue weighted by atomic mass is 16.5. The molecule has 1 N–H and O–H groups in total. The third-order valence-corrected chi connectivity index (χ3v) is 11.7. The second-order valence-electron chi connectivity index (χ2n) is 12.8. The van der Waals surface area contributed by atoms with E-state index in [9.17, 15) is 5.11 Å². The molecule has 1 saturated heterocycles. The highest BCUT2D eigenvalue weighted by molar-refractivity contribution is 5.26. The summed E-state index contributed by atoms with van der Waals surface area (Å²) < 4.78 is 11.9. The Morgan fingerprint density at radius 3 is 2.67 bits per heavy atom. The number of likely N-dealkylation sites (tertiary alicyclic amines) is 1. The van der Waals surface area contributed by atoms with Crippen LogP contribution in [0.4, 0.5) is 0 Å². The molecule has 2 heterocycles. The van der Waals surface area contributed by atoms with Crippen molar-refractivity contribution in [2.24, 2.45) is 28.6 Å². The molecule has 1 aromatic heterocycles. The zero-order chi connectivity index (χ0) is 22.7. The van der Waals surface area contributed by atoms with Crippen LogP contribution < -0.4 is 0 Å². The molecule has 0 amide bonds. The largest absolute Gasteiger partial charge is 0.472 e. The molecule has 1 aromatic rings. The van der Waals surface area contributed by atoms with Gasteiger partial charge in [-0.3, -0.25) is 0 Å². The minimum atomic E-state index is -0.519. The molecule has 0 bridgehead atoms. The lowest BCUT2D eigenvalue weighted by Gasteiger charge is -2.63. The Kier molecular flexibility index (Phi) is 5.74. The van der Waals surface area contributed by atoms with Gasteiger partial charge in [0.2, 0.25) is 0 Å². The Bertz CT molecular complexity index is 819. The Morgan fingerprint density at radius 1 is 1.03 bits per heavy atom. The standard InChI is InChI=1S/C29H45NO3/c1-27-11-7-23(33-18-16-30-14-3-4-15-30)19-22(27)5-6-26-25(27)8-12-28(2)24(9-13-29(26,28)31)21-10-17-32-20-21/h10,17,20,22-26,31H,3-9,11-16,18-19H2,1-2H3/t22-,23+,24-,25+,26-,27+,28-,29+/m1/s1. The van der Waals surface area contributed by atoms with E-state index in [0.29, 0.717) is 29.3 Å². The van der Waals surface area contributed by atoms with Crippen LogP contribution in [0.1, 0.15) is 96.0 Å². The van der Waals surface area contributed by atoms with Gasteiger partial charge in [-0.05, 0) is 124 Å². The number of fused-ring (bicyclic) bond motifs is 5. The number of ether oxygens (including phenoxy) is 1. The van der Waals surface area contributed by atoms with E-state index in [-0.39, 0.29) is 5.41 Å². The van der Waals surface area contributed by atoms with E-state index >= 15 is 0 Å². The first kappa shape index (κ1) is 22.6. The van der Waals surface area contributed by atoms with Crippen molar-refractivity contribution in [2.45, 2.75) is 102 Å². The van der Waals surface area contributed by atoms with Crippen LogP contribution in [0.5, 0.6) is 0 Å². The Labute approximate surface area is 200 Å². The molecular formula is C29H45NO3. The minimum Gasteiger partial charge on any atom is -0.472 e. The quantitative estimate of drug-likeness (QED) is 0.591. The van der Waals surface area contributed by atoms with Crippen molar-refractivity contribution >= 4 is 0 Å². The summed E-state index contributed by atoms with van der Waals surface area (Å²) in [7, 11) is 0. The van der Waals surface area contributed by atoms with Gasteiger partial charge in [-0.15, -0.1) is 0 Å². The van der Waals surface area contributed by atoms with Gasteiger partial charge in [-0.25, -0.2) is 0 Å². The summed E-state index contributed by atoms with van der Waals surface area (Å²) in [6.07, 6.45) is 17.6. The van der Waals surface area contributed by atoms with Gasteiger partial charge in [0.15, 0.2) is 0 Å². The summed E-state index contributed by atoms with van der Waals surface area (Å²) >= 11 is 0. The molecule has 5 aliphatic rings. The molecule has 0 spiro atoms. The fourth-order valence-electron chi connectivity index (χ4n) is 9.70. The number of nitrogens with zero attached hydrogens (tertiary/aromatic N) is 1. The van der Waals surface area contributed by atoms with E-state index < -0.39 is 5.60 Å².